The molecule has 0 saturated carbocycles. The molecule has 1 aromatic heterocycles. The van der Waals surface area contributed by atoms with Gasteiger partial charge in [-0.3, -0.25) is 0 Å². The fourth-order valence-corrected chi connectivity index (χ4v) is 2.12. The summed E-state index contributed by atoms with van der Waals surface area (Å²) in [6.07, 6.45) is 3.51. The minimum absolute atomic E-state index is 0.0388. The zero-order chi connectivity index (χ0) is 16.8. The number of rotatable bonds is 6. The van der Waals surface area contributed by atoms with Crippen LogP contribution in [0, 0.1) is 0 Å². The predicted octanol–water partition coefficient (Wildman–Crippen LogP) is 3.41. The minimum atomic E-state index is 0.0388. The summed E-state index contributed by atoms with van der Waals surface area (Å²) in [5.74, 6) is 1.68. The van der Waals surface area contributed by atoms with Crippen LogP contribution in [0.15, 0.2) is 52.9 Å². The highest BCUT2D eigenvalue weighted by molar-refractivity contribution is 5.67. The normalized spacial score (nSPS) is 10.9. The lowest BCUT2D eigenvalue weighted by atomic mass is 10.2. The van der Waals surface area contributed by atoms with Crippen molar-refractivity contribution in [2.45, 2.75) is 6.61 Å². The molecule has 0 aliphatic carbocycles. The first-order valence-electron chi connectivity index (χ1n) is 7.36. The molecule has 3 aromatic rings. The van der Waals surface area contributed by atoms with Gasteiger partial charge in [-0.05, 0) is 29.3 Å². The van der Waals surface area contributed by atoms with Gasteiger partial charge in [0, 0.05) is 6.08 Å². The second kappa shape index (κ2) is 7.32. The van der Waals surface area contributed by atoms with Gasteiger partial charge in [-0.25, -0.2) is 0 Å². The molecule has 0 amide bonds. The number of anilines is 1. The molecule has 0 bridgehead atoms. The molecule has 2 aromatic carbocycles. The third kappa shape index (κ3) is 3.92. The van der Waals surface area contributed by atoms with Crippen LogP contribution in [0.5, 0.6) is 11.5 Å². The maximum atomic E-state index is 5.83. The Morgan fingerprint density at radius 1 is 1.04 bits per heavy atom. The third-order valence-electron chi connectivity index (χ3n) is 3.30. The molecule has 2 N–H and O–H groups in total. The lowest BCUT2D eigenvalue weighted by molar-refractivity contribution is 0.284. The first-order valence-corrected chi connectivity index (χ1v) is 7.36. The molecular weight excluding hydrogens is 306 g/mol. The van der Waals surface area contributed by atoms with E-state index in [-0.39, 0.29) is 6.01 Å². The highest BCUT2D eigenvalue weighted by Gasteiger charge is 2.06. The van der Waals surface area contributed by atoms with Crippen LogP contribution in [-0.2, 0) is 6.61 Å². The van der Waals surface area contributed by atoms with Crippen molar-refractivity contribution in [3.8, 4) is 11.5 Å². The van der Waals surface area contributed by atoms with E-state index in [2.05, 4.69) is 10.2 Å². The van der Waals surface area contributed by atoms with Crippen LogP contribution in [0.25, 0.3) is 12.2 Å². The molecule has 0 atom stereocenters. The molecule has 6 heteroatoms. The Labute approximate surface area is 139 Å². The van der Waals surface area contributed by atoms with Gasteiger partial charge in [0.25, 0.3) is 0 Å². The zero-order valence-electron chi connectivity index (χ0n) is 13.2. The maximum Gasteiger partial charge on any atom is 0.313 e. The molecule has 0 saturated heterocycles. The Balaban J connectivity index is 1.71. The number of hydrogen-bond donors (Lipinski definition) is 1. The molecule has 24 heavy (non-hydrogen) atoms. The van der Waals surface area contributed by atoms with Crippen molar-refractivity contribution in [2.75, 3.05) is 12.8 Å². The molecule has 122 valence electrons. The van der Waals surface area contributed by atoms with Crippen LogP contribution >= 0.6 is 0 Å². The first kappa shape index (κ1) is 15.6. The van der Waals surface area contributed by atoms with E-state index in [1.54, 1.807) is 13.2 Å². The number of ether oxygens (including phenoxy) is 2. The van der Waals surface area contributed by atoms with E-state index in [0.717, 1.165) is 11.1 Å². The number of hydrogen-bond acceptors (Lipinski definition) is 6. The second-order valence-electron chi connectivity index (χ2n) is 5.00. The summed E-state index contributed by atoms with van der Waals surface area (Å²) in [6.45, 7) is 0.480. The van der Waals surface area contributed by atoms with Gasteiger partial charge in [-0.1, -0.05) is 41.5 Å². The average molecular weight is 323 g/mol. The molecule has 0 aliphatic rings. The van der Waals surface area contributed by atoms with Crippen molar-refractivity contribution in [1.29, 1.82) is 0 Å². The summed E-state index contributed by atoms with van der Waals surface area (Å²) in [4.78, 5) is 0. The SMILES string of the molecule is COc1cc(/C=C/c2nnc(N)o2)ccc1OCc1ccccc1. The Hall–Kier alpha value is -3.28. The molecule has 3 rings (SSSR count). The molecule has 6 nitrogen and oxygen atoms in total. The van der Waals surface area contributed by atoms with Crippen LogP contribution in [0.3, 0.4) is 0 Å². The van der Waals surface area contributed by atoms with Crippen LogP contribution in [0.1, 0.15) is 17.0 Å². The lowest BCUT2D eigenvalue weighted by Gasteiger charge is -2.11. The van der Waals surface area contributed by atoms with E-state index in [0.29, 0.717) is 24.0 Å². The Morgan fingerprint density at radius 3 is 2.58 bits per heavy atom. The Kier molecular flexibility index (Phi) is 4.76. The zero-order valence-corrected chi connectivity index (χ0v) is 13.2. The second-order valence-corrected chi connectivity index (χ2v) is 5.00. The van der Waals surface area contributed by atoms with Gasteiger partial charge in [0.1, 0.15) is 6.61 Å². The van der Waals surface area contributed by atoms with Gasteiger partial charge in [-0.2, -0.15) is 0 Å². The van der Waals surface area contributed by atoms with Gasteiger partial charge >= 0.3 is 6.01 Å². The quantitative estimate of drug-likeness (QED) is 0.748. The van der Waals surface area contributed by atoms with Crippen molar-refractivity contribution in [3.05, 3.63) is 65.5 Å². The topological polar surface area (TPSA) is 83.4 Å². The Morgan fingerprint density at radius 2 is 1.88 bits per heavy atom. The fourth-order valence-electron chi connectivity index (χ4n) is 2.12. The van der Waals surface area contributed by atoms with Crippen molar-refractivity contribution >= 4 is 18.2 Å². The predicted molar refractivity (Wildman–Crippen MR) is 91.4 cm³/mol. The summed E-state index contributed by atoms with van der Waals surface area (Å²) in [5.41, 5.74) is 7.39. The van der Waals surface area contributed by atoms with Crippen LogP contribution in [0.2, 0.25) is 0 Å². The molecule has 0 fully saturated rings. The molecule has 0 radical (unpaired) electrons. The fraction of sp³-hybridized carbons (Fsp3) is 0.111. The van der Waals surface area contributed by atoms with Crippen LogP contribution in [0.4, 0.5) is 6.01 Å². The van der Waals surface area contributed by atoms with E-state index in [1.807, 2.05) is 54.6 Å². The molecule has 0 spiro atoms. The average Bonchev–Trinajstić information content (AvgIpc) is 3.04. The largest absolute Gasteiger partial charge is 0.493 e. The molecular formula is C18H17N3O3. The van der Waals surface area contributed by atoms with Crippen molar-refractivity contribution < 1.29 is 13.9 Å². The van der Waals surface area contributed by atoms with E-state index in [1.165, 1.54) is 0 Å². The lowest BCUT2D eigenvalue weighted by Crippen LogP contribution is -1.97. The summed E-state index contributed by atoms with van der Waals surface area (Å²) in [7, 11) is 1.61. The summed E-state index contributed by atoms with van der Waals surface area (Å²) >= 11 is 0. The standard InChI is InChI=1S/C18H17N3O3/c1-22-16-11-13(8-10-17-20-21-18(19)24-17)7-9-15(16)23-12-14-5-3-2-4-6-14/h2-11H,12H2,1H3,(H2,19,21)/b10-8+. The van der Waals surface area contributed by atoms with Gasteiger partial charge < -0.3 is 19.6 Å². The number of nitrogens with zero attached hydrogens (tertiary/aromatic N) is 2. The number of benzene rings is 2. The van der Waals surface area contributed by atoms with E-state index in [9.17, 15) is 0 Å². The smallest absolute Gasteiger partial charge is 0.313 e. The van der Waals surface area contributed by atoms with Gasteiger partial charge in [0.2, 0.25) is 5.89 Å². The van der Waals surface area contributed by atoms with Crippen LogP contribution < -0.4 is 15.2 Å². The van der Waals surface area contributed by atoms with Crippen LogP contribution in [-0.4, -0.2) is 17.3 Å². The Bertz CT molecular complexity index is 829. The van der Waals surface area contributed by atoms with Gasteiger partial charge in [-0.15, -0.1) is 5.10 Å². The third-order valence-corrected chi connectivity index (χ3v) is 3.30. The summed E-state index contributed by atoms with van der Waals surface area (Å²) < 4.78 is 16.3. The van der Waals surface area contributed by atoms with Gasteiger partial charge in [0.15, 0.2) is 11.5 Å². The van der Waals surface area contributed by atoms with Gasteiger partial charge in [0.05, 0.1) is 7.11 Å². The number of methoxy groups -OCH3 is 1. The van der Waals surface area contributed by atoms with Crippen molar-refractivity contribution in [2.24, 2.45) is 0 Å². The van der Waals surface area contributed by atoms with E-state index in [4.69, 9.17) is 19.6 Å². The van der Waals surface area contributed by atoms with E-state index < -0.39 is 0 Å². The monoisotopic (exact) mass is 323 g/mol. The maximum absolute atomic E-state index is 5.83. The first-order chi connectivity index (χ1) is 11.7. The van der Waals surface area contributed by atoms with E-state index >= 15 is 0 Å². The molecule has 0 aliphatic heterocycles. The number of nitrogen functional groups attached to an aromatic ring is 1. The summed E-state index contributed by atoms with van der Waals surface area (Å²) in [6, 6.07) is 15.7. The highest BCUT2D eigenvalue weighted by atomic mass is 16.5. The minimum Gasteiger partial charge on any atom is -0.493 e. The summed E-state index contributed by atoms with van der Waals surface area (Å²) in [5, 5.41) is 7.36. The highest BCUT2D eigenvalue weighted by Crippen LogP contribution is 2.29. The number of aromatic nitrogens is 2. The molecule has 0 unspecified atom stereocenters. The van der Waals surface area contributed by atoms with Crippen molar-refractivity contribution in [3.63, 3.8) is 0 Å². The molecule has 1 heterocycles. The van der Waals surface area contributed by atoms with Crippen molar-refractivity contribution in [1.82, 2.24) is 10.2 Å². The number of nitrogens with two attached hydrogens (primary N) is 1.